The number of aryl methyl sites for hydroxylation is 1. The molecule has 0 fully saturated rings. The number of fused-ring (bicyclic) bond motifs is 1. The highest BCUT2D eigenvalue weighted by Gasteiger charge is 2.31. The summed E-state index contributed by atoms with van der Waals surface area (Å²) in [5, 5.41) is 24.2. The molecule has 2 N–H and O–H groups in total. The fraction of sp³-hybridized carbons (Fsp3) is 0.267. The van der Waals surface area contributed by atoms with Crippen LogP contribution in [-0.4, -0.2) is 21.1 Å². The van der Waals surface area contributed by atoms with Gasteiger partial charge in [-0.05, 0) is 24.1 Å². The zero-order chi connectivity index (χ0) is 15.0. The largest absolute Gasteiger partial charge is 0.390 e. The van der Waals surface area contributed by atoms with Gasteiger partial charge in [0.05, 0.1) is 17.1 Å². The van der Waals surface area contributed by atoms with Gasteiger partial charge in [0.1, 0.15) is 12.0 Å². The van der Waals surface area contributed by atoms with Gasteiger partial charge in [-0.1, -0.05) is 24.3 Å². The number of hydrogen-bond donors (Lipinski definition) is 2. The van der Waals surface area contributed by atoms with Crippen LogP contribution in [0.25, 0.3) is 0 Å². The summed E-state index contributed by atoms with van der Waals surface area (Å²) in [6.45, 7) is 1.67. The van der Waals surface area contributed by atoms with Crippen LogP contribution in [0.3, 0.4) is 0 Å². The van der Waals surface area contributed by atoms with Crippen LogP contribution in [-0.2, 0) is 6.42 Å². The Balaban J connectivity index is 1.87. The first-order valence-electron chi connectivity index (χ1n) is 6.69. The minimum Gasteiger partial charge on any atom is -0.390 e. The van der Waals surface area contributed by atoms with Gasteiger partial charge in [0.15, 0.2) is 0 Å². The molecule has 21 heavy (non-hydrogen) atoms. The minimum absolute atomic E-state index is 0.00656. The van der Waals surface area contributed by atoms with Crippen molar-refractivity contribution >= 4 is 11.5 Å². The van der Waals surface area contributed by atoms with Crippen LogP contribution in [0.1, 0.15) is 22.7 Å². The van der Waals surface area contributed by atoms with Crippen molar-refractivity contribution in [3.8, 4) is 0 Å². The Bertz CT molecular complexity index is 702. The van der Waals surface area contributed by atoms with Crippen LogP contribution in [0.2, 0.25) is 0 Å². The number of rotatable bonds is 3. The van der Waals surface area contributed by atoms with Crippen molar-refractivity contribution < 1.29 is 10.0 Å². The Morgan fingerprint density at radius 3 is 2.90 bits per heavy atom. The van der Waals surface area contributed by atoms with Gasteiger partial charge in [0.2, 0.25) is 0 Å². The van der Waals surface area contributed by atoms with E-state index in [2.05, 4.69) is 10.3 Å². The standard InChI is InChI=1S/C15H15N3O3/c1-9-6-14(16-8-12(9)18(20)21)17-15-11-5-3-2-4-10(11)7-13(15)19/h2-6,8,13,15,19H,7H2,1H3,(H,16,17)/t13-,15+/m1/s1. The predicted molar refractivity (Wildman–Crippen MR) is 78.1 cm³/mol. The molecule has 108 valence electrons. The number of hydrogen-bond acceptors (Lipinski definition) is 5. The first kappa shape index (κ1) is 13.5. The molecule has 0 radical (unpaired) electrons. The van der Waals surface area contributed by atoms with Crippen molar-refractivity contribution in [3.05, 3.63) is 63.3 Å². The summed E-state index contributed by atoms with van der Waals surface area (Å²) in [6.07, 6.45) is 1.31. The lowest BCUT2D eigenvalue weighted by atomic mass is 10.1. The molecule has 0 spiro atoms. The van der Waals surface area contributed by atoms with E-state index in [0.717, 1.165) is 11.1 Å². The molecule has 0 amide bonds. The van der Waals surface area contributed by atoms with Crippen molar-refractivity contribution in [1.82, 2.24) is 4.98 Å². The van der Waals surface area contributed by atoms with E-state index in [0.29, 0.717) is 17.8 Å². The van der Waals surface area contributed by atoms with E-state index in [1.54, 1.807) is 13.0 Å². The van der Waals surface area contributed by atoms with Gasteiger partial charge >= 0.3 is 0 Å². The summed E-state index contributed by atoms with van der Waals surface area (Å²) in [5.41, 5.74) is 2.69. The molecule has 2 aromatic rings. The van der Waals surface area contributed by atoms with E-state index < -0.39 is 11.0 Å². The third-order valence-corrected chi connectivity index (χ3v) is 3.79. The number of anilines is 1. The quantitative estimate of drug-likeness (QED) is 0.667. The maximum Gasteiger partial charge on any atom is 0.290 e. The van der Waals surface area contributed by atoms with Crippen molar-refractivity contribution in [3.63, 3.8) is 0 Å². The topological polar surface area (TPSA) is 88.3 Å². The number of nitro groups is 1. The Labute approximate surface area is 121 Å². The van der Waals surface area contributed by atoms with Crippen LogP contribution in [0.5, 0.6) is 0 Å². The van der Waals surface area contributed by atoms with Crippen LogP contribution in [0.4, 0.5) is 11.5 Å². The normalized spacial score (nSPS) is 20.1. The second kappa shape index (κ2) is 5.14. The summed E-state index contributed by atoms with van der Waals surface area (Å²) in [6, 6.07) is 9.24. The second-order valence-corrected chi connectivity index (χ2v) is 5.21. The lowest BCUT2D eigenvalue weighted by Crippen LogP contribution is -2.21. The number of aliphatic hydroxyl groups excluding tert-OH is 1. The summed E-state index contributed by atoms with van der Waals surface area (Å²) >= 11 is 0. The third-order valence-electron chi connectivity index (χ3n) is 3.79. The molecule has 3 rings (SSSR count). The summed E-state index contributed by atoms with van der Waals surface area (Å²) in [5.74, 6) is 0.527. The molecule has 0 unspecified atom stereocenters. The van der Waals surface area contributed by atoms with E-state index in [1.807, 2.05) is 24.3 Å². The molecule has 0 bridgehead atoms. The minimum atomic E-state index is -0.528. The third kappa shape index (κ3) is 2.45. The van der Waals surface area contributed by atoms with Crippen LogP contribution in [0, 0.1) is 17.0 Å². The number of aliphatic hydroxyl groups is 1. The number of nitrogens with one attached hydrogen (secondary N) is 1. The number of benzene rings is 1. The predicted octanol–water partition coefficient (Wildman–Crippen LogP) is 2.37. The fourth-order valence-electron chi connectivity index (χ4n) is 2.73. The molecule has 1 heterocycles. The second-order valence-electron chi connectivity index (χ2n) is 5.21. The molecular weight excluding hydrogens is 270 g/mol. The van der Waals surface area contributed by atoms with Crippen LogP contribution in [0.15, 0.2) is 36.5 Å². The molecule has 1 aliphatic carbocycles. The van der Waals surface area contributed by atoms with E-state index in [1.165, 1.54) is 6.20 Å². The first-order valence-corrected chi connectivity index (χ1v) is 6.69. The van der Waals surface area contributed by atoms with E-state index in [-0.39, 0.29) is 11.7 Å². The molecule has 0 aliphatic heterocycles. The molecule has 0 saturated heterocycles. The SMILES string of the molecule is Cc1cc(N[C@H]2c3ccccc3C[C@H]2O)ncc1[N+](=O)[O-]. The van der Waals surface area contributed by atoms with Crippen molar-refractivity contribution in [2.24, 2.45) is 0 Å². The molecular formula is C15H15N3O3. The Morgan fingerprint density at radius 2 is 2.19 bits per heavy atom. The maximum atomic E-state index is 10.8. The van der Waals surface area contributed by atoms with Gasteiger partial charge in [0, 0.05) is 12.0 Å². The fourth-order valence-corrected chi connectivity index (χ4v) is 2.73. The van der Waals surface area contributed by atoms with E-state index in [9.17, 15) is 15.2 Å². The highest BCUT2D eigenvalue weighted by atomic mass is 16.6. The highest BCUT2D eigenvalue weighted by Crippen LogP contribution is 2.34. The van der Waals surface area contributed by atoms with Crippen molar-refractivity contribution in [1.29, 1.82) is 0 Å². The Morgan fingerprint density at radius 1 is 1.43 bits per heavy atom. The number of pyridine rings is 1. The number of aromatic nitrogens is 1. The van der Waals surface area contributed by atoms with Crippen LogP contribution < -0.4 is 5.32 Å². The molecule has 1 aromatic carbocycles. The van der Waals surface area contributed by atoms with Crippen LogP contribution >= 0.6 is 0 Å². The maximum absolute atomic E-state index is 10.8. The van der Waals surface area contributed by atoms with E-state index >= 15 is 0 Å². The monoisotopic (exact) mass is 285 g/mol. The average Bonchev–Trinajstić information content (AvgIpc) is 2.75. The van der Waals surface area contributed by atoms with Crippen molar-refractivity contribution in [2.45, 2.75) is 25.5 Å². The number of nitrogens with zero attached hydrogens (tertiary/aromatic N) is 2. The highest BCUT2D eigenvalue weighted by molar-refractivity contribution is 5.50. The molecule has 2 atom stereocenters. The van der Waals surface area contributed by atoms with Crippen molar-refractivity contribution in [2.75, 3.05) is 5.32 Å². The lowest BCUT2D eigenvalue weighted by Gasteiger charge is -2.18. The van der Waals surface area contributed by atoms with E-state index in [4.69, 9.17) is 0 Å². The van der Waals surface area contributed by atoms with Gasteiger partial charge in [-0.15, -0.1) is 0 Å². The molecule has 6 heteroatoms. The zero-order valence-electron chi connectivity index (χ0n) is 11.5. The van der Waals surface area contributed by atoms with Gasteiger partial charge in [0.25, 0.3) is 5.69 Å². The van der Waals surface area contributed by atoms with Gasteiger partial charge < -0.3 is 10.4 Å². The molecule has 0 saturated carbocycles. The Kier molecular flexibility index (Phi) is 3.31. The lowest BCUT2D eigenvalue weighted by molar-refractivity contribution is -0.385. The van der Waals surface area contributed by atoms with Gasteiger partial charge in [-0.2, -0.15) is 0 Å². The zero-order valence-corrected chi connectivity index (χ0v) is 11.5. The Hall–Kier alpha value is -2.47. The van der Waals surface area contributed by atoms with Gasteiger partial charge in [-0.25, -0.2) is 4.98 Å². The molecule has 1 aliphatic rings. The summed E-state index contributed by atoms with van der Waals surface area (Å²) in [4.78, 5) is 14.4. The summed E-state index contributed by atoms with van der Waals surface area (Å²) in [7, 11) is 0. The smallest absolute Gasteiger partial charge is 0.290 e. The first-order chi connectivity index (χ1) is 10.1. The van der Waals surface area contributed by atoms with Gasteiger partial charge in [-0.3, -0.25) is 10.1 Å². The molecule has 1 aromatic heterocycles. The average molecular weight is 285 g/mol. The molecule has 6 nitrogen and oxygen atoms in total. The summed E-state index contributed by atoms with van der Waals surface area (Å²) < 4.78 is 0.